The molecule has 4 bridgehead atoms. The molecule has 0 spiro atoms. The standard InChI is InChI=1S/C42H56N6O9/c1-4-12-32(38(51)40(53)43-25-35(50)46-36(41(54)47(2)3)28-14-7-5-8-15-28)44-39(52)33-24-31-26-48(33)42(55)37(29-16-9-6-10-17-29)45-34(49)20-19-27-13-11-18-30(23-27)56-21-22-57-31/h5,7-8,11,13-15,18,23,29,31-33,36-37H,4,6,9-10,12,16-17,19-22,24-26H2,1-3H3,(H,43,53)(H,44,52)(H,45,49)(H,46,50)/t31-,32+,33?,36+,37-/m1/s1. The number of benzene rings is 2. The number of Topliss-reactive ketones (excluding diaryl/α,β-unsaturated/α-hetero) is 1. The van der Waals surface area contributed by atoms with Crippen LogP contribution in [0.25, 0.3) is 0 Å². The molecule has 1 unspecified atom stereocenters. The van der Waals surface area contributed by atoms with Crippen molar-refractivity contribution >= 4 is 41.2 Å². The van der Waals surface area contributed by atoms with Gasteiger partial charge in [0.15, 0.2) is 0 Å². The monoisotopic (exact) mass is 788 g/mol. The molecule has 57 heavy (non-hydrogen) atoms. The maximum Gasteiger partial charge on any atom is 0.290 e. The Morgan fingerprint density at radius 3 is 2.40 bits per heavy atom. The quantitative estimate of drug-likeness (QED) is 0.233. The second kappa shape index (κ2) is 20.7. The van der Waals surface area contributed by atoms with E-state index in [2.05, 4.69) is 21.3 Å². The van der Waals surface area contributed by atoms with Crippen LogP contribution in [-0.2, 0) is 44.7 Å². The lowest BCUT2D eigenvalue weighted by atomic mass is 9.83. The third kappa shape index (κ3) is 11.9. The lowest BCUT2D eigenvalue weighted by Crippen LogP contribution is -2.58. The van der Waals surface area contributed by atoms with Crippen LogP contribution in [0.3, 0.4) is 0 Å². The fourth-order valence-corrected chi connectivity index (χ4v) is 7.74. The first kappa shape index (κ1) is 42.8. The number of carbonyl (C=O) groups is 7. The van der Waals surface area contributed by atoms with Crippen molar-refractivity contribution in [3.05, 3.63) is 65.7 Å². The number of rotatable bonds is 12. The Bertz CT molecular complexity index is 1750. The van der Waals surface area contributed by atoms with Gasteiger partial charge in [0, 0.05) is 33.5 Å². The van der Waals surface area contributed by atoms with Gasteiger partial charge in [-0.15, -0.1) is 0 Å². The number of likely N-dealkylation sites (N-methyl/N-ethyl adjacent to an activating group) is 1. The number of ketones is 1. The predicted molar refractivity (Wildman–Crippen MR) is 209 cm³/mol. The largest absolute Gasteiger partial charge is 0.491 e. The van der Waals surface area contributed by atoms with E-state index < -0.39 is 60.3 Å². The molecular weight excluding hydrogens is 732 g/mol. The summed E-state index contributed by atoms with van der Waals surface area (Å²) in [4.78, 5) is 97.2. The second-order valence-corrected chi connectivity index (χ2v) is 15.2. The topological polar surface area (TPSA) is 193 Å². The van der Waals surface area contributed by atoms with E-state index in [0.717, 1.165) is 37.7 Å². The number of hydrogen-bond acceptors (Lipinski definition) is 9. The van der Waals surface area contributed by atoms with Crippen LogP contribution >= 0.6 is 0 Å². The van der Waals surface area contributed by atoms with Gasteiger partial charge in [-0.2, -0.15) is 0 Å². The number of ether oxygens (including phenoxy) is 2. The summed E-state index contributed by atoms with van der Waals surface area (Å²) >= 11 is 0. The molecule has 2 aliphatic heterocycles. The van der Waals surface area contributed by atoms with Crippen molar-refractivity contribution in [2.45, 2.75) is 101 Å². The highest BCUT2D eigenvalue weighted by atomic mass is 16.5. The normalized spacial score (nSPS) is 21.6. The van der Waals surface area contributed by atoms with Crippen molar-refractivity contribution in [1.29, 1.82) is 0 Å². The molecule has 15 heteroatoms. The summed E-state index contributed by atoms with van der Waals surface area (Å²) < 4.78 is 12.0. The zero-order valence-electron chi connectivity index (χ0n) is 33.1. The Balaban J connectivity index is 1.28. The number of nitrogens with zero attached hydrogens (tertiary/aromatic N) is 2. The van der Waals surface area contributed by atoms with Crippen LogP contribution in [0.4, 0.5) is 0 Å². The van der Waals surface area contributed by atoms with Crippen molar-refractivity contribution in [2.75, 3.05) is 40.4 Å². The Morgan fingerprint density at radius 2 is 1.68 bits per heavy atom. The van der Waals surface area contributed by atoms with Gasteiger partial charge in [-0.1, -0.05) is 75.1 Å². The summed E-state index contributed by atoms with van der Waals surface area (Å²) in [6.45, 7) is 1.73. The van der Waals surface area contributed by atoms with E-state index in [-0.39, 0.29) is 62.7 Å². The van der Waals surface area contributed by atoms with Gasteiger partial charge in [-0.3, -0.25) is 33.6 Å². The molecule has 1 saturated carbocycles. The van der Waals surface area contributed by atoms with Gasteiger partial charge in [0.25, 0.3) is 5.91 Å². The van der Waals surface area contributed by atoms with Crippen LogP contribution in [0.5, 0.6) is 5.75 Å². The molecule has 1 aliphatic carbocycles. The van der Waals surface area contributed by atoms with E-state index in [1.807, 2.05) is 24.3 Å². The lowest BCUT2D eigenvalue weighted by molar-refractivity contribution is -0.144. The van der Waals surface area contributed by atoms with E-state index in [4.69, 9.17) is 9.47 Å². The van der Waals surface area contributed by atoms with Crippen LogP contribution in [0.2, 0.25) is 0 Å². The summed E-state index contributed by atoms with van der Waals surface area (Å²) in [5.74, 6) is -3.83. The molecule has 15 nitrogen and oxygen atoms in total. The average molecular weight is 789 g/mol. The molecule has 2 aromatic carbocycles. The molecule has 4 N–H and O–H groups in total. The highest BCUT2D eigenvalue weighted by molar-refractivity contribution is 6.38. The number of fused-ring (bicyclic) bond motifs is 4. The van der Waals surface area contributed by atoms with Gasteiger partial charge in [0.2, 0.25) is 35.3 Å². The van der Waals surface area contributed by atoms with Crippen LogP contribution in [0, 0.1) is 5.92 Å². The van der Waals surface area contributed by atoms with Crippen molar-refractivity contribution in [2.24, 2.45) is 5.92 Å². The van der Waals surface area contributed by atoms with Crippen molar-refractivity contribution in [3.63, 3.8) is 0 Å². The highest BCUT2D eigenvalue weighted by Gasteiger charge is 2.45. The van der Waals surface area contributed by atoms with Gasteiger partial charge in [0.1, 0.15) is 30.5 Å². The van der Waals surface area contributed by atoms with Crippen LogP contribution in [0.1, 0.15) is 81.9 Å². The summed E-state index contributed by atoms with van der Waals surface area (Å²) in [7, 11) is 3.12. The lowest BCUT2D eigenvalue weighted by Gasteiger charge is -2.35. The second-order valence-electron chi connectivity index (χ2n) is 15.2. The molecule has 3 aliphatic rings. The van der Waals surface area contributed by atoms with Crippen LogP contribution in [-0.4, -0.2) is 116 Å². The van der Waals surface area contributed by atoms with E-state index >= 15 is 0 Å². The molecule has 0 aromatic heterocycles. The van der Waals surface area contributed by atoms with Crippen molar-refractivity contribution in [1.82, 2.24) is 31.1 Å². The Labute approximate surface area is 333 Å². The summed E-state index contributed by atoms with van der Waals surface area (Å²) in [6, 6.07) is 12.0. The molecule has 308 valence electrons. The highest BCUT2D eigenvalue weighted by Crippen LogP contribution is 2.30. The van der Waals surface area contributed by atoms with E-state index in [1.54, 1.807) is 51.4 Å². The first-order valence-electron chi connectivity index (χ1n) is 20.1. The number of amides is 6. The molecule has 5 rings (SSSR count). The number of aryl methyl sites for hydroxylation is 1. The fraction of sp³-hybridized carbons (Fsp3) is 0.548. The van der Waals surface area contributed by atoms with Crippen LogP contribution < -0.4 is 26.0 Å². The van der Waals surface area contributed by atoms with Gasteiger partial charge in [-0.05, 0) is 54.9 Å². The van der Waals surface area contributed by atoms with Crippen molar-refractivity contribution in [3.8, 4) is 5.75 Å². The maximum atomic E-state index is 14.5. The fourth-order valence-electron chi connectivity index (χ4n) is 7.74. The molecule has 0 radical (unpaired) electrons. The molecule has 1 saturated heterocycles. The molecule has 5 atom stereocenters. The zero-order valence-corrected chi connectivity index (χ0v) is 33.1. The molecule has 6 amide bonds. The number of nitrogens with one attached hydrogen (secondary N) is 4. The molecule has 2 aromatic rings. The Morgan fingerprint density at radius 1 is 0.930 bits per heavy atom. The first-order chi connectivity index (χ1) is 27.4. The minimum Gasteiger partial charge on any atom is -0.491 e. The summed E-state index contributed by atoms with van der Waals surface area (Å²) in [5.41, 5.74) is 1.48. The van der Waals surface area contributed by atoms with Gasteiger partial charge < -0.3 is 40.5 Å². The molecule has 2 heterocycles. The Kier molecular flexibility index (Phi) is 15.6. The summed E-state index contributed by atoms with van der Waals surface area (Å²) in [5, 5.41) is 10.7. The van der Waals surface area contributed by atoms with Crippen molar-refractivity contribution < 1.29 is 43.0 Å². The molecular formula is C42H56N6O9. The van der Waals surface area contributed by atoms with Gasteiger partial charge in [0.05, 0.1) is 25.3 Å². The van der Waals surface area contributed by atoms with Gasteiger partial charge >= 0.3 is 0 Å². The predicted octanol–water partition coefficient (Wildman–Crippen LogP) is 1.98. The van der Waals surface area contributed by atoms with Crippen LogP contribution in [0.15, 0.2) is 54.6 Å². The molecule has 2 fully saturated rings. The smallest absolute Gasteiger partial charge is 0.290 e. The summed E-state index contributed by atoms with van der Waals surface area (Å²) in [6.07, 6.45) is 5.22. The number of carbonyl (C=O) groups excluding carboxylic acids is 7. The third-order valence-corrected chi connectivity index (χ3v) is 10.8. The SMILES string of the molecule is CCC[C@H](NC(=O)C1C[C@@H]2CN1C(=O)[C@@H](C1CCCCC1)NC(=O)CCc1cccc(c1)OCCO2)C(=O)C(=O)NCC(=O)N[C@H](C(=O)N(C)C)c1ccccc1. The minimum absolute atomic E-state index is 0.0911. The minimum atomic E-state index is -1.24. The van der Waals surface area contributed by atoms with E-state index in [9.17, 15) is 33.6 Å². The Hall–Kier alpha value is -5.31. The maximum absolute atomic E-state index is 14.5. The average Bonchev–Trinajstić information content (AvgIpc) is 3.66. The zero-order chi connectivity index (χ0) is 40.9. The van der Waals surface area contributed by atoms with E-state index in [0.29, 0.717) is 24.2 Å². The van der Waals surface area contributed by atoms with E-state index in [1.165, 1.54) is 9.80 Å². The number of hydrogen-bond donors (Lipinski definition) is 4. The van der Waals surface area contributed by atoms with Gasteiger partial charge in [-0.25, -0.2) is 0 Å². The first-order valence-corrected chi connectivity index (χ1v) is 20.1. The third-order valence-electron chi connectivity index (χ3n) is 10.8.